The van der Waals surface area contributed by atoms with Crippen LogP contribution in [0.3, 0.4) is 0 Å². The second-order valence-electron chi connectivity index (χ2n) is 11.5. The van der Waals surface area contributed by atoms with Gasteiger partial charge in [0.25, 0.3) is 5.91 Å². The van der Waals surface area contributed by atoms with Crippen molar-refractivity contribution in [2.24, 2.45) is 5.73 Å². The molecule has 1 aliphatic heterocycles. The van der Waals surface area contributed by atoms with Crippen LogP contribution >= 0.6 is 11.3 Å². The number of nitrogens with one attached hydrogen (secondary N) is 3. The van der Waals surface area contributed by atoms with Crippen LogP contribution in [0, 0.1) is 5.41 Å². The van der Waals surface area contributed by atoms with Gasteiger partial charge in [0.15, 0.2) is 5.67 Å². The number of thiophene rings is 1. The summed E-state index contributed by atoms with van der Waals surface area (Å²) in [5.41, 5.74) is 7.79. The summed E-state index contributed by atoms with van der Waals surface area (Å²) in [5, 5.41) is 24.2. The van der Waals surface area contributed by atoms with Crippen LogP contribution in [0.1, 0.15) is 58.2 Å². The number of carbonyl (C=O) groups excluding carboxylic acids is 3. The Morgan fingerprint density at radius 3 is 2.53 bits per heavy atom. The van der Waals surface area contributed by atoms with Gasteiger partial charge in [-0.15, -0.1) is 11.3 Å². The number of hydrogen-bond donors (Lipinski definition) is 5. The Balaban J connectivity index is 1.28. The number of alkyl halides is 2. The van der Waals surface area contributed by atoms with Crippen molar-refractivity contribution in [1.82, 2.24) is 15.5 Å². The molecule has 2 aromatic carbocycles. The Labute approximate surface area is 251 Å². The van der Waals surface area contributed by atoms with Gasteiger partial charge in [0.05, 0.1) is 25.7 Å². The molecule has 3 atom stereocenters. The largest absolute Gasteiger partial charge is 0.394 e. The monoisotopic (exact) mass is 609 g/mol. The molecule has 0 saturated carbocycles. The number of nitrogen functional groups attached to an aromatic ring is 1. The number of nitrogens with two attached hydrogens (primary N) is 1. The highest BCUT2D eigenvalue weighted by Gasteiger charge is 2.50. The van der Waals surface area contributed by atoms with Gasteiger partial charge in [-0.05, 0) is 40.5 Å². The number of nitrogens with zero attached hydrogens (tertiary/aromatic N) is 1. The van der Waals surface area contributed by atoms with Gasteiger partial charge >= 0.3 is 0 Å². The molecule has 2 heterocycles. The summed E-state index contributed by atoms with van der Waals surface area (Å²) in [6.07, 6.45) is -0.573. The van der Waals surface area contributed by atoms with Crippen molar-refractivity contribution >= 4 is 34.9 Å². The van der Waals surface area contributed by atoms with Gasteiger partial charge in [0, 0.05) is 33.2 Å². The Morgan fingerprint density at radius 2 is 1.86 bits per heavy atom. The maximum atomic E-state index is 15.2. The quantitative estimate of drug-likeness (QED) is 0.187. The summed E-state index contributed by atoms with van der Waals surface area (Å²) in [6.45, 7) is 1.16. The van der Waals surface area contributed by atoms with Crippen LogP contribution in [-0.2, 0) is 15.0 Å². The van der Waals surface area contributed by atoms with E-state index < -0.39 is 68.3 Å². The fourth-order valence-corrected chi connectivity index (χ4v) is 6.85. The summed E-state index contributed by atoms with van der Waals surface area (Å²) >= 11 is 1.16. The SMILES string of the molecule is CC1(C)c2ccccc2-c2cc(C(=O)NCC(=O)N3C[C@@](F)(CF)C[C@H]3C(=O)N[C@H](CO)c3cc(C(=N)N)cs3)ccc21. The lowest BCUT2D eigenvalue weighted by molar-refractivity contribution is -0.138. The number of amides is 3. The molecule has 1 saturated heterocycles. The molecular weight excluding hydrogens is 576 g/mol. The molecule has 1 aromatic heterocycles. The number of rotatable bonds is 9. The van der Waals surface area contributed by atoms with Gasteiger partial charge in [-0.3, -0.25) is 19.8 Å². The van der Waals surface area contributed by atoms with E-state index in [1.807, 2.05) is 24.3 Å². The molecular formula is C31H33F2N5O4S. The number of halogens is 2. The Hall–Kier alpha value is -4.16. The minimum atomic E-state index is -2.43. The minimum absolute atomic E-state index is 0.182. The zero-order valence-electron chi connectivity index (χ0n) is 23.7. The van der Waals surface area contributed by atoms with Gasteiger partial charge in [0.2, 0.25) is 11.8 Å². The van der Waals surface area contributed by atoms with Crippen LogP contribution in [0.5, 0.6) is 0 Å². The summed E-state index contributed by atoms with van der Waals surface area (Å²) < 4.78 is 28.8. The second-order valence-corrected chi connectivity index (χ2v) is 12.5. The molecule has 3 aromatic rings. The van der Waals surface area contributed by atoms with E-state index in [1.54, 1.807) is 23.6 Å². The van der Waals surface area contributed by atoms with Crippen molar-refractivity contribution in [3.05, 3.63) is 81.0 Å². The maximum absolute atomic E-state index is 15.2. The number of hydrogen-bond acceptors (Lipinski definition) is 6. The Bertz CT molecular complexity index is 1610. The molecule has 9 nitrogen and oxygen atoms in total. The van der Waals surface area contributed by atoms with Gasteiger partial charge in [-0.25, -0.2) is 8.78 Å². The first-order valence-corrected chi connectivity index (χ1v) is 14.7. The Morgan fingerprint density at radius 1 is 1.14 bits per heavy atom. The molecule has 2 aliphatic rings. The molecule has 226 valence electrons. The van der Waals surface area contributed by atoms with Crippen LogP contribution in [0.25, 0.3) is 11.1 Å². The van der Waals surface area contributed by atoms with E-state index in [9.17, 15) is 23.9 Å². The van der Waals surface area contributed by atoms with Crippen LogP contribution in [0.2, 0.25) is 0 Å². The van der Waals surface area contributed by atoms with E-state index in [2.05, 4.69) is 30.5 Å². The highest BCUT2D eigenvalue weighted by molar-refractivity contribution is 7.10. The first kappa shape index (κ1) is 30.3. The lowest BCUT2D eigenvalue weighted by atomic mass is 9.82. The van der Waals surface area contributed by atoms with Crippen LogP contribution < -0.4 is 16.4 Å². The number of aliphatic hydroxyl groups is 1. The number of aliphatic hydroxyl groups excluding tert-OH is 1. The second kappa shape index (κ2) is 11.5. The summed E-state index contributed by atoms with van der Waals surface area (Å²) in [6, 6.07) is 12.6. The molecule has 0 radical (unpaired) electrons. The van der Waals surface area contributed by atoms with E-state index in [0.717, 1.165) is 38.5 Å². The fraction of sp³-hybridized carbons (Fsp3) is 0.355. The van der Waals surface area contributed by atoms with E-state index in [1.165, 1.54) is 0 Å². The molecule has 1 aliphatic carbocycles. The first-order chi connectivity index (χ1) is 20.4. The number of amidine groups is 1. The van der Waals surface area contributed by atoms with Crippen molar-refractivity contribution in [3.63, 3.8) is 0 Å². The predicted molar refractivity (Wildman–Crippen MR) is 160 cm³/mol. The molecule has 12 heteroatoms. The number of likely N-dealkylation sites (tertiary alicyclic amines) is 1. The fourth-order valence-electron chi connectivity index (χ4n) is 5.90. The average Bonchev–Trinajstić information content (AvgIpc) is 3.69. The third kappa shape index (κ3) is 5.64. The van der Waals surface area contributed by atoms with Crippen LogP contribution in [0.4, 0.5) is 8.78 Å². The van der Waals surface area contributed by atoms with E-state index in [4.69, 9.17) is 11.1 Å². The van der Waals surface area contributed by atoms with Gasteiger partial charge in [-0.1, -0.05) is 44.2 Å². The van der Waals surface area contributed by atoms with Gasteiger partial charge < -0.3 is 26.4 Å². The average molecular weight is 610 g/mol. The topological polar surface area (TPSA) is 149 Å². The molecule has 0 bridgehead atoms. The normalized spacial score (nSPS) is 20.7. The first-order valence-electron chi connectivity index (χ1n) is 13.8. The zero-order chi connectivity index (χ0) is 31.1. The zero-order valence-corrected chi connectivity index (χ0v) is 24.6. The maximum Gasteiger partial charge on any atom is 0.251 e. The van der Waals surface area contributed by atoms with Crippen molar-refractivity contribution in [1.29, 1.82) is 5.41 Å². The third-order valence-corrected chi connectivity index (χ3v) is 9.32. The van der Waals surface area contributed by atoms with Crippen LogP contribution in [0.15, 0.2) is 53.9 Å². The van der Waals surface area contributed by atoms with E-state index in [-0.39, 0.29) is 11.3 Å². The van der Waals surface area contributed by atoms with Crippen molar-refractivity contribution in [3.8, 4) is 11.1 Å². The number of benzene rings is 2. The molecule has 43 heavy (non-hydrogen) atoms. The summed E-state index contributed by atoms with van der Waals surface area (Å²) in [7, 11) is 0. The van der Waals surface area contributed by atoms with Crippen molar-refractivity contribution in [2.75, 3.05) is 26.4 Å². The number of fused-ring (bicyclic) bond motifs is 3. The molecule has 0 unspecified atom stereocenters. The molecule has 1 fully saturated rings. The Kier molecular flexibility index (Phi) is 8.10. The summed E-state index contributed by atoms with van der Waals surface area (Å²) in [5.74, 6) is -2.22. The lowest BCUT2D eigenvalue weighted by Gasteiger charge is -2.25. The smallest absolute Gasteiger partial charge is 0.251 e. The summed E-state index contributed by atoms with van der Waals surface area (Å²) in [4.78, 5) is 40.9. The highest BCUT2D eigenvalue weighted by Crippen LogP contribution is 2.48. The number of carbonyl (C=O) groups is 3. The molecule has 0 spiro atoms. The molecule has 5 rings (SSSR count). The minimum Gasteiger partial charge on any atom is -0.394 e. The van der Waals surface area contributed by atoms with Crippen molar-refractivity contribution in [2.45, 2.75) is 43.4 Å². The lowest BCUT2D eigenvalue weighted by Crippen LogP contribution is -2.50. The van der Waals surface area contributed by atoms with E-state index in [0.29, 0.717) is 16.0 Å². The van der Waals surface area contributed by atoms with Crippen molar-refractivity contribution < 1.29 is 28.3 Å². The molecule has 3 amide bonds. The third-order valence-electron chi connectivity index (χ3n) is 8.27. The standard InChI is InChI=1S/C31H33F2N5O4S/c1-30(2)21-6-4-3-5-19(21)20-9-17(7-8-22(20)30)28(41)36-12-26(40)38-16-31(33,15-32)11-24(38)29(42)37-23(13-39)25-10-18(14-43-25)27(34)35/h3-10,14,23-24,39H,11-13,15-16H2,1-2H3,(H3,34,35)(H,36,41)(H,37,42)/t23-,24+,31+/m1/s1. The van der Waals surface area contributed by atoms with Gasteiger partial charge in [-0.2, -0.15) is 0 Å². The van der Waals surface area contributed by atoms with Gasteiger partial charge in [0.1, 0.15) is 18.6 Å². The molecule has 6 N–H and O–H groups in total. The van der Waals surface area contributed by atoms with Crippen LogP contribution in [-0.4, -0.2) is 71.6 Å². The predicted octanol–water partition coefficient (Wildman–Crippen LogP) is 3.20. The van der Waals surface area contributed by atoms with E-state index >= 15 is 4.39 Å². The highest BCUT2D eigenvalue weighted by atomic mass is 32.1.